The van der Waals surface area contributed by atoms with Crippen LogP contribution in [0.25, 0.3) is 0 Å². The molecule has 0 aromatic heterocycles. The highest BCUT2D eigenvalue weighted by Gasteiger charge is 2.36. The van der Waals surface area contributed by atoms with Crippen LogP contribution in [0.3, 0.4) is 0 Å². The van der Waals surface area contributed by atoms with Crippen LogP contribution in [-0.4, -0.2) is 48.7 Å². The zero-order valence-electron chi connectivity index (χ0n) is 17.0. The number of aldehydes is 1. The van der Waals surface area contributed by atoms with Gasteiger partial charge in [-0.2, -0.15) is 0 Å². The Balaban J connectivity index is 0.000000563. The zero-order chi connectivity index (χ0) is 18.8. The summed E-state index contributed by atoms with van der Waals surface area (Å²) in [5.41, 5.74) is 0.292. The summed E-state index contributed by atoms with van der Waals surface area (Å²) < 4.78 is 0. The van der Waals surface area contributed by atoms with Crippen molar-refractivity contribution in [1.29, 1.82) is 0 Å². The molecule has 4 heteroatoms. The molecule has 4 nitrogen and oxygen atoms in total. The number of nitrogens with zero attached hydrogens (tertiary/aromatic N) is 1. The van der Waals surface area contributed by atoms with E-state index in [1.165, 1.54) is 25.7 Å². The fourth-order valence-corrected chi connectivity index (χ4v) is 3.34. The zero-order valence-corrected chi connectivity index (χ0v) is 17.0. The van der Waals surface area contributed by atoms with Crippen molar-refractivity contribution in [1.82, 2.24) is 10.2 Å². The molecule has 2 rings (SSSR count). The molecular formula is C20H40N2O2. The van der Waals surface area contributed by atoms with Crippen molar-refractivity contribution in [2.45, 2.75) is 85.2 Å². The molecule has 142 valence electrons. The molecule has 1 aliphatic carbocycles. The number of piperidine rings is 1. The van der Waals surface area contributed by atoms with Gasteiger partial charge in [-0.25, -0.2) is 0 Å². The molecule has 0 spiro atoms. The molecule has 0 bridgehead atoms. The predicted octanol–water partition coefficient (Wildman–Crippen LogP) is 3.69. The third-order valence-corrected chi connectivity index (χ3v) is 4.88. The van der Waals surface area contributed by atoms with Gasteiger partial charge in [-0.15, -0.1) is 0 Å². The standard InChI is InChI=1S/C13H21NO2.C5H13N.C2H6/c1-10(16)7-14-8-12-5-3-2-4-11(12)6-13(14)9-15;1-5(2,3)6-4;1-2/h9,11-13H,2-8H2,1H3;6H,1-4H3;1-2H3. The van der Waals surface area contributed by atoms with Gasteiger partial charge in [0, 0.05) is 12.1 Å². The SMILES string of the molecule is CC.CC(=O)CN1CC2CCCCC2CC1C=O.CNC(C)(C)C. The number of hydrogen-bond donors (Lipinski definition) is 1. The molecule has 2 aliphatic rings. The Morgan fingerprint density at radius 3 is 2.08 bits per heavy atom. The van der Waals surface area contributed by atoms with Crippen molar-refractivity contribution in [3.63, 3.8) is 0 Å². The minimum absolute atomic E-state index is 0.0109. The molecule has 3 unspecified atom stereocenters. The van der Waals surface area contributed by atoms with E-state index in [-0.39, 0.29) is 11.8 Å². The van der Waals surface area contributed by atoms with Gasteiger partial charge < -0.3 is 10.1 Å². The summed E-state index contributed by atoms with van der Waals surface area (Å²) in [4.78, 5) is 24.3. The minimum atomic E-state index is -0.0109. The Morgan fingerprint density at radius 1 is 1.17 bits per heavy atom. The van der Waals surface area contributed by atoms with Gasteiger partial charge in [-0.05, 0) is 59.4 Å². The largest absolute Gasteiger partial charge is 0.315 e. The number of nitrogens with one attached hydrogen (secondary N) is 1. The maximum atomic E-state index is 11.2. The van der Waals surface area contributed by atoms with Crippen LogP contribution >= 0.6 is 0 Å². The summed E-state index contributed by atoms with van der Waals surface area (Å²) in [6.07, 6.45) is 7.21. The van der Waals surface area contributed by atoms with Gasteiger partial charge in [0.05, 0.1) is 12.6 Å². The van der Waals surface area contributed by atoms with Crippen LogP contribution in [0.5, 0.6) is 0 Å². The molecule has 2 fully saturated rings. The molecule has 0 radical (unpaired) electrons. The molecule has 24 heavy (non-hydrogen) atoms. The molecular weight excluding hydrogens is 300 g/mol. The van der Waals surface area contributed by atoms with Crippen LogP contribution in [0.15, 0.2) is 0 Å². The summed E-state index contributed by atoms with van der Waals surface area (Å²) >= 11 is 0. The summed E-state index contributed by atoms with van der Waals surface area (Å²) in [7, 11) is 1.96. The van der Waals surface area contributed by atoms with Gasteiger partial charge in [0.25, 0.3) is 0 Å². The second-order valence-corrected chi connectivity index (χ2v) is 7.88. The van der Waals surface area contributed by atoms with E-state index in [1.54, 1.807) is 6.92 Å². The summed E-state index contributed by atoms with van der Waals surface area (Å²) in [5.74, 6) is 1.62. The molecule has 0 aromatic carbocycles. The van der Waals surface area contributed by atoms with E-state index in [2.05, 4.69) is 31.0 Å². The number of fused-ring (bicyclic) bond motifs is 1. The second-order valence-electron chi connectivity index (χ2n) is 7.88. The molecule has 1 aliphatic heterocycles. The molecule has 3 atom stereocenters. The Hall–Kier alpha value is -0.740. The monoisotopic (exact) mass is 340 g/mol. The summed E-state index contributed by atoms with van der Waals surface area (Å²) in [6.45, 7) is 13.4. The lowest BCUT2D eigenvalue weighted by molar-refractivity contribution is -0.122. The van der Waals surface area contributed by atoms with Crippen LogP contribution in [0.1, 0.15) is 73.6 Å². The second kappa shape index (κ2) is 11.8. The maximum absolute atomic E-state index is 11.2. The number of rotatable bonds is 3. The van der Waals surface area contributed by atoms with Gasteiger partial charge in [0.1, 0.15) is 12.1 Å². The van der Waals surface area contributed by atoms with Crippen molar-refractivity contribution in [2.75, 3.05) is 20.1 Å². The average Bonchev–Trinajstić information content (AvgIpc) is 2.55. The normalized spacial score (nSPS) is 26.9. The van der Waals surface area contributed by atoms with E-state index in [0.29, 0.717) is 12.1 Å². The number of ketones is 1. The highest BCUT2D eigenvalue weighted by atomic mass is 16.1. The molecule has 0 aromatic rings. The summed E-state index contributed by atoms with van der Waals surface area (Å²) in [5, 5.41) is 3.10. The summed E-state index contributed by atoms with van der Waals surface area (Å²) in [6, 6.07) is -0.0109. The third-order valence-electron chi connectivity index (χ3n) is 4.88. The quantitative estimate of drug-likeness (QED) is 0.796. The minimum Gasteiger partial charge on any atom is -0.315 e. The van der Waals surface area contributed by atoms with Crippen LogP contribution in [0.2, 0.25) is 0 Å². The van der Waals surface area contributed by atoms with E-state index in [9.17, 15) is 9.59 Å². The molecule has 0 amide bonds. The van der Waals surface area contributed by atoms with E-state index in [4.69, 9.17) is 0 Å². The number of likely N-dealkylation sites (tertiary alicyclic amines) is 1. The van der Waals surface area contributed by atoms with Gasteiger partial charge in [0.2, 0.25) is 0 Å². The number of Topliss-reactive ketones (excluding diaryl/α,β-unsaturated/α-hetero) is 1. The van der Waals surface area contributed by atoms with Crippen molar-refractivity contribution >= 4 is 12.1 Å². The van der Waals surface area contributed by atoms with Crippen molar-refractivity contribution in [3.05, 3.63) is 0 Å². The van der Waals surface area contributed by atoms with Gasteiger partial charge in [-0.3, -0.25) is 9.69 Å². The van der Waals surface area contributed by atoms with Gasteiger partial charge in [-0.1, -0.05) is 33.1 Å². The molecule has 1 N–H and O–H groups in total. The van der Waals surface area contributed by atoms with Crippen LogP contribution in [0.4, 0.5) is 0 Å². The fourth-order valence-electron chi connectivity index (χ4n) is 3.34. The highest BCUT2D eigenvalue weighted by Crippen LogP contribution is 2.37. The lowest BCUT2D eigenvalue weighted by Crippen LogP contribution is -2.50. The molecule has 1 saturated heterocycles. The first-order chi connectivity index (χ1) is 11.3. The highest BCUT2D eigenvalue weighted by molar-refractivity contribution is 5.78. The topological polar surface area (TPSA) is 49.4 Å². The Morgan fingerprint density at radius 2 is 1.67 bits per heavy atom. The maximum Gasteiger partial charge on any atom is 0.143 e. The lowest BCUT2D eigenvalue weighted by atomic mass is 9.73. The van der Waals surface area contributed by atoms with E-state index in [1.807, 2.05) is 20.9 Å². The van der Waals surface area contributed by atoms with Crippen molar-refractivity contribution in [2.24, 2.45) is 11.8 Å². The lowest BCUT2D eigenvalue weighted by Gasteiger charge is -2.44. The predicted molar refractivity (Wildman–Crippen MR) is 102 cm³/mol. The molecule has 1 saturated carbocycles. The number of carbonyl (C=O) groups excluding carboxylic acids is 2. The first-order valence-corrected chi connectivity index (χ1v) is 9.64. The van der Waals surface area contributed by atoms with Crippen LogP contribution in [0, 0.1) is 11.8 Å². The van der Waals surface area contributed by atoms with Crippen molar-refractivity contribution < 1.29 is 9.59 Å². The number of hydrogen-bond acceptors (Lipinski definition) is 4. The first kappa shape index (κ1) is 23.3. The Kier molecular flexibility index (Phi) is 11.4. The molecule has 1 heterocycles. The third kappa shape index (κ3) is 8.93. The van der Waals surface area contributed by atoms with Crippen molar-refractivity contribution in [3.8, 4) is 0 Å². The smallest absolute Gasteiger partial charge is 0.143 e. The Labute approximate surface area is 149 Å². The fraction of sp³-hybridized carbons (Fsp3) is 0.900. The van der Waals surface area contributed by atoms with E-state index >= 15 is 0 Å². The first-order valence-electron chi connectivity index (χ1n) is 9.64. The van der Waals surface area contributed by atoms with Gasteiger partial charge >= 0.3 is 0 Å². The number of carbonyl (C=O) groups is 2. The Bertz CT molecular complexity index is 363. The van der Waals surface area contributed by atoms with Crippen LogP contribution < -0.4 is 5.32 Å². The van der Waals surface area contributed by atoms with E-state index in [0.717, 1.165) is 31.1 Å². The van der Waals surface area contributed by atoms with Gasteiger partial charge in [0.15, 0.2) is 0 Å². The average molecular weight is 341 g/mol. The van der Waals surface area contributed by atoms with Crippen LogP contribution in [-0.2, 0) is 9.59 Å². The van der Waals surface area contributed by atoms with E-state index < -0.39 is 0 Å².